The molecular weight excluding hydrogens is 324 g/mol. The van der Waals surface area contributed by atoms with E-state index in [4.69, 9.17) is 4.74 Å². The van der Waals surface area contributed by atoms with Crippen molar-refractivity contribution in [2.24, 2.45) is 5.92 Å². The molecule has 0 radical (unpaired) electrons. The molecule has 1 fully saturated rings. The van der Waals surface area contributed by atoms with Gasteiger partial charge in [0, 0.05) is 45.0 Å². The van der Waals surface area contributed by atoms with Crippen LogP contribution in [0.4, 0.5) is 0 Å². The maximum absolute atomic E-state index is 12.3. The molecule has 0 aromatic heterocycles. The first-order valence-electron chi connectivity index (χ1n) is 9.85. The van der Waals surface area contributed by atoms with E-state index in [9.17, 15) is 4.79 Å². The third kappa shape index (κ3) is 6.58. The molecule has 4 heteroatoms. The minimum atomic E-state index is 0.00613. The summed E-state index contributed by atoms with van der Waals surface area (Å²) in [6.45, 7) is 13.2. The van der Waals surface area contributed by atoms with E-state index in [-0.39, 0.29) is 11.9 Å². The van der Waals surface area contributed by atoms with Gasteiger partial charge in [0.2, 0.25) is 5.91 Å². The van der Waals surface area contributed by atoms with Crippen molar-refractivity contribution in [2.45, 2.75) is 46.6 Å². The van der Waals surface area contributed by atoms with E-state index in [0.29, 0.717) is 5.92 Å². The summed E-state index contributed by atoms with van der Waals surface area (Å²) >= 11 is 0. The Morgan fingerprint density at radius 1 is 1.38 bits per heavy atom. The van der Waals surface area contributed by atoms with Crippen LogP contribution < -0.4 is 5.32 Å². The van der Waals surface area contributed by atoms with Gasteiger partial charge in [-0.05, 0) is 56.7 Å². The van der Waals surface area contributed by atoms with Gasteiger partial charge in [0.25, 0.3) is 0 Å². The molecule has 144 valence electrons. The van der Waals surface area contributed by atoms with Crippen LogP contribution in [0.25, 0.3) is 6.08 Å². The number of ether oxygens (including phenoxy) is 1. The van der Waals surface area contributed by atoms with Crippen LogP contribution in [-0.4, -0.2) is 49.7 Å². The van der Waals surface area contributed by atoms with Crippen LogP contribution in [0.1, 0.15) is 43.4 Å². The number of rotatable bonds is 8. The number of benzene rings is 1. The van der Waals surface area contributed by atoms with E-state index in [1.165, 1.54) is 11.1 Å². The molecule has 0 saturated carbocycles. The van der Waals surface area contributed by atoms with E-state index in [1.807, 2.05) is 13.0 Å². The first-order valence-corrected chi connectivity index (χ1v) is 9.85. The molecule has 1 N–H and O–H groups in total. The van der Waals surface area contributed by atoms with Crippen molar-refractivity contribution in [3.8, 4) is 0 Å². The molecule has 0 spiro atoms. The summed E-state index contributed by atoms with van der Waals surface area (Å²) in [5, 5.41) is 3.19. The van der Waals surface area contributed by atoms with Crippen molar-refractivity contribution in [3.63, 3.8) is 0 Å². The maximum atomic E-state index is 12.3. The molecule has 0 bridgehead atoms. The number of hydrogen-bond acceptors (Lipinski definition) is 3. The molecule has 2 unspecified atom stereocenters. The standard InChI is InChI=1S/C22H34N2O2/c1-5-26-14-6-12-24-13-11-21(19(4)16-24)23-22(25)10-9-20-8-7-17(2)15-18(20)3/h7-10,15,19,21H,5-6,11-14,16H2,1-4H3,(H,23,25)/b10-9+. The van der Waals surface area contributed by atoms with Gasteiger partial charge < -0.3 is 15.0 Å². The number of nitrogens with zero attached hydrogens (tertiary/aromatic N) is 1. The Morgan fingerprint density at radius 2 is 2.19 bits per heavy atom. The van der Waals surface area contributed by atoms with E-state index in [1.54, 1.807) is 6.08 Å². The molecule has 1 amide bonds. The van der Waals surface area contributed by atoms with Crippen LogP contribution in [0.15, 0.2) is 24.3 Å². The highest BCUT2D eigenvalue weighted by molar-refractivity contribution is 5.92. The number of carbonyl (C=O) groups excluding carboxylic acids is 1. The van der Waals surface area contributed by atoms with Crippen LogP contribution in [0.3, 0.4) is 0 Å². The Balaban J connectivity index is 1.78. The van der Waals surface area contributed by atoms with Gasteiger partial charge in [-0.2, -0.15) is 0 Å². The van der Waals surface area contributed by atoms with Crippen molar-refractivity contribution in [1.29, 1.82) is 0 Å². The molecule has 4 nitrogen and oxygen atoms in total. The van der Waals surface area contributed by atoms with Crippen molar-refractivity contribution in [1.82, 2.24) is 10.2 Å². The lowest BCUT2D eigenvalue weighted by molar-refractivity contribution is -0.117. The second-order valence-corrected chi connectivity index (χ2v) is 7.43. The normalized spacial score (nSPS) is 21.2. The second kappa shape index (κ2) is 10.5. The largest absolute Gasteiger partial charge is 0.382 e. The maximum Gasteiger partial charge on any atom is 0.244 e. The second-order valence-electron chi connectivity index (χ2n) is 7.43. The Kier molecular flexibility index (Phi) is 8.33. The van der Waals surface area contributed by atoms with Crippen LogP contribution >= 0.6 is 0 Å². The van der Waals surface area contributed by atoms with E-state index in [2.05, 4.69) is 49.2 Å². The van der Waals surface area contributed by atoms with Gasteiger partial charge in [-0.15, -0.1) is 0 Å². The SMILES string of the molecule is CCOCCCN1CCC(NC(=O)/C=C/c2ccc(C)cc2C)C(C)C1. The Morgan fingerprint density at radius 3 is 2.88 bits per heavy atom. The molecule has 1 aromatic rings. The van der Waals surface area contributed by atoms with Gasteiger partial charge >= 0.3 is 0 Å². The van der Waals surface area contributed by atoms with Gasteiger partial charge in [-0.1, -0.05) is 30.7 Å². The number of piperidine rings is 1. The summed E-state index contributed by atoms with van der Waals surface area (Å²) in [6.07, 6.45) is 5.67. The number of amides is 1. The summed E-state index contributed by atoms with van der Waals surface area (Å²) in [5.41, 5.74) is 3.54. The highest BCUT2D eigenvalue weighted by Gasteiger charge is 2.26. The number of likely N-dealkylation sites (tertiary alicyclic amines) is 1. The van der Waals surface area contributed by atoms with Crippen molar-refractivity contribution in [3.05, 3.63) is 41.0 Å². The molecule has 26 heavy (non-hydrogen) atoms. The fourth-order valence-corrected chi connectivity index (χ4v) is 3.59. The summed E-state index contributed by atoms with van der Waals surface area (Å²) in [5.74, 6) is 0.473. The molecule has 1 aliphatic rings. The van der Waals surface area contributed by atoms with Crippen LogP contribution in [0.2, 0.25) is 0 Å². The minimum Gasteiger partial charge on any atom is -0.382 e. The highest BCUT2D eigenvalue weighted by Crippen LogP contribution is 2.17. The summed E-state index contributed by atoms with van der Waals surface area (Å²) in [7, 11) is 0. The van der Waals surface area contributed by atoms with E-state index >= 15 is 0 Å². The van der Waals surface area contributed by atoms with Crippen molar-refractivity contribution < 1.29 is 9.53 Å². The number of aryl methyl sites for hydroxylation is 2. The molecule has 1 saturated heterocycles. The monoisotopic (exact) mass is 358 g/mol. The van der Waals surface area contributed by atoms with Crippen LogP contribution in [-0.2, 0) is 9.53 Å². The third-order valence-electron chi connectivity index (χ3n) is 5.12. The zero-order chi connectivity index (χ0) is 18.9. The zero-order valence-electron chi connectivity index (χ0n) is 16.8. The molecule has 2 rings (SSSR count). The third-order valence-corrected chi connectivity index (χ3v) is 5.12. The molecule has 2 atom stereocenters. The molecule has 1 heterocycles. The molecular formula is C22H34N2O2. The van der Waals surface area contributed by atoms with Gasteiger partial charge in [0.1, 0.15) is 0 Å². The van der Waals surface area contributed by atoms with Crippen LogP contribution in [0.5, 0.6) is 0 Å². The van der Waals surface area contributed by atoms with Crippen molar-refractivity contribution >= 4 is 12.0 Å². The summed E-state index contributed by atoms with van der Waals surface area (Å²) in [4.78, 5) is 14.8. The van der Waals surface area contributed by atoms with Gasteiger partial charge in [0.05, 0.1) is 0 Å². The lowest BCUT2D eigenvalue weighted by Crippen LogP contribution is -2.49. The van der Waals surface area contributed by atoms with Crippen LogP contribution in [0, 0.1) is 19.8 Å². The lowest BCUT2D eigenvalue weighted by Gasteiger charge is -2.37. The zero-order valence-corrected chi connectivity index (χ0v) is 16.8. The summed E-state index contributed by atoms with van der Waals surface area (Å²) < 4.78 is 5.41. The van der Waals surface area contributed by atoms with Gasteiger partial charge in [0.15, 0.2) is 0 Å². The predicted molar refractivity (Wildman–Crippen MR) is 108 cm³/mol. The average molecular weight is 359 g/mol. The van der Waals surface area contributed by atoms with Crippen molar-refractivity contribution in [2.75, 3.05) is 32.8 Å². The summed E-state index contributed by atoms with van der Waals surface area (Å²) in [6, 6.07) is 6.54. The smallest absolute Gasteiger partial charge is 0.244 e. The number of nitrogens with one attached hydrogen (secondary N) is 1. The van der Waals surface area contributed by atoms with Gasteiger partial charge in [-0.25, -0.2) is 0 Å². The fourth-order valence-electron chi connectivity index (χ4n) is 3.59. The highest BCUT2D eigenvalue weighted by atomic mass is 16.5. The average Bonchev–Trinajstić information content (AvgIpc) is 2.60. The molecule has 0 aliphatic carbocycles. The molecule has 1 aliphatic heterocycles. The first-order chi connectivity index (χ1) is 12.5. The Bertz CT molecular complexity index is 612. The topological polar surface area (TPSA) is 41.6 Å². The van der Waals surface area contributed by atoms with E-state index in [0.717, 1.165) is 51.3 Å². The fraction of sp³-hybridized carbons (Fsp3) is 0.591. The Hall–Kier alpha value is -1.65. The molecule has 1 aromatic carbocycles. The quantitative estimate of drug-likeness (QED) is 0.570. The predicted octanol–water partition coefficient (Wildman–Crippen LogP) is 3.57. The van der Waals surface area contributed by atoms with E-state index < -0.39 is 0 Å². The van der Waals surface area contributed by atoms with Gasteiger partial charge in [-0.3, -0.25) is 4.79 Å². The number of hydrogen-bond donors (Lipinski definition) is 1. The first kappa shape index (κ1) is 20.7. The minimum absolute atomic E-state index is 0.00613. The Labute approximate surface area is 158 Å². The number of carbonyl (C=O) groups is 1. The lowest BCUT2D eigenvalue weighted by atomic mass is 9.93.